The first-order valence-corrected chi connectivity index (χ1v) is 15.1. The van der Waals surface area contributed by atoms with Gasteiger partial charge in [-0.05, 0) is 68.3 Å². The number of benzene rings is 3. The Hall–Kier alpha value is -3.28. The van der Waals surface area contributed by atoms with Gasteiger partial charge in [0.25, 0.3) is 10.0 Å². The van der Waals surface area contributed by atoms with Gasteiger partial charge in [0.2, 0.25) is 11.8 Å². The second-order valence-corrected chi connectivity index (χ2v) is 12.3. The van der Waals surface area contributed by atoms with Crippen LogP contribution in [0.25, 0.3) is 0 Å². The van der Waals surface area contributed by atoms with Crippen LogP contribution in [0.2, 0.25) is 10.0 Å². The van der Waals surface area contributed by atoms with Crippen molar-refractivity contribution in [2.24, 2.45) is 0 Å². The molecule has 226 valence electrons. The molecule has 1 N–H and O–H groups in total. The van der Waals surface area contributed by atoms with E-state index in [2.05, 4.69) is 5.32 Å². The third kappa shape index (κ3) is 8.17. The van der Waals surface area contributed by atoms with Gasteiger partial charge in [-0.2, -0.15) is 13.2 Å². The normalized spacial score (nSPS) is 13.2. The second kappa shape index (κ2) is 13.8. The Morgan fingerprint density at radius 1 is 0.929 bits per heavy atom. The quantitative estimate of drug-likeness (QED) is 0.257. The minimum absolute atomic E-state index is 0.160. The Labute approximate surface area is 253 Å². The molecule has 0 fully saturated rings. The highest BCUT2D eigenvalue weighted by Gasteiger charge is 2.35. The first-order valence-electron chi connectivity index (χ1n) is 12.9. The van der Waals surface area contributed by atoms with Crippen molar-refractivity contribution in [3.05, 3.63) is 94.0 Å². The number of carbonyl (C=O) groups excluding carboxylic acids is 2. The summed E-state index contributed by atoms with van der Waals surface area (Å²) in [5, 5.41) is 3.27. The molecule has 7 nitrogen and oxygen atoms in total. The molecule has 0 saturated heterocycles. The van der Waals surface area contributed by atoms with E-state index < -0.39 is 46.2 Å². The van der Waals surface area contributed by atoms with Crippen molar-refractivity contribution in [1.29, 1.82) is 0 Å². The number of alkyl halides is 3. The zero-order valence-electron chi connectivity index (χ0n) is 23.0. The van der Waals surface area contributed by atoms with E-state index in [0.29, 0.717) is 22.4 Å². The molecule has 0 aromatic heterocycles. The van der Waals surface area contributed by atoms with E-state index in [4.69, 9.17) is 23.2 Å². The number of carbonyl (C=O) groups is 2. The molecule has 0 unspecified atom stereocenters. The fourth-order valence-electron chi connectivity index (χ4n) is 3.97. The van der Waals surface area contributed by atoms with Gasteiger partial charge in [-0.3, -0.25) is 13.9 Å². The minimum atomic E-state index is -4.76. The first-order chi connectivity index (χ1) is 19.6. The average Bonchev–Trinajstić information content (AvgIpc) is 2.95. The number of amides is 2. The summed E-state index contributed by atoms with van der Waals surface area (Å²) in [4.78, 5) is 27.9. The van der Waals surface area contributed by atoms with Crippen molar-refractivity contribution in [2.75, 3.05) is 10.8 Å². The van der Waals surface area contributed by atoms with Gasteiger partial charge in [0.15, 0.2) is 0 Å². The SMILES string of the molecule is CC[C@H](C)NC(=O)[C@@H](C)N(Cc1ccc(Cl)c(Cl)c1)C(=O)CN(c1cccc(C(F)(F)F)c1)S(=O)(=O)c1ccccc1. The standard InChI is InChI=1S/C29H30Cl2F3N3O4S/c1-4-19(2)35-28(39)20(3)36(17-21-13-14-25(30)26(31)15-21)27(38)18-37(42(40,41)24-11-6-5-7-12-24)23-10-8-9-22(16-23)29(32,33)34/h5-16,19-20H,4,17-18H2,1-3H3,(H,35,39)/t19-,20+/m0/s1. The molecular formula is C29H30Cl2F3N3O4S. The molecule has 3 aromatic rings. The second-order valence-electron chi connectivity index (χ2n) is 9.64. The van der Waals surface area contributed by atoms with Crippen LogP contribution in [0.5, 0.6) is 0 Å². The lowest BCUT2D eigenvalue weighted by molar-refractivity contribution is -0.139. The Morgan fingerprint density at radius 3 is 2.19 bits per heavy atom. The summed E-state index contributed by atoms with van der Waals surface area (Å²) in [6.07, 6.45) is -4.14. The van der Waals surface area contributed by atoms with E-state index in [-0.39, 0.29) is 33.2 Å². The van der Waals surface area contributed by atoms with Gasteiger partial charge < -0.3 is 10.2 Å². The van der Waals surface area contributed by atoms with Gasteiger partial charge in [-0.15, -0.1) is 0 Å². The molecule has 0 heterocycles. The van der Waals surface area contributed by atoms with Crippen LogP contribution in [0.3, 0.4) is 0 Å². The molecule has 0 radical (unpaired) electrons. The number of sulfonamides is 1. The maximum atomic E-state index is 13.9. The van der Waals surface area contributed by atoms with Crippen LogP contribution in [0, 0.1) is 0 Å². The van der Waals surface area contributed by atoms with Crippen molar-refractivity contribution in [2.45, 2.75) is 56.9 Å². The third-order valence-electron chi connectivity index (χ3n) is 6.58. The lowest BCUT2D eigenvalue weighted by atomic mass is 10.1. The highest BCUT2D eigenvalue weighted by Crippen LogP contribution is 2.33. The van der Waals surface area contributed by atoms with Crippen LogP contribution >= 0.6 is 23.2 Å². The van der Waals surface area contributed by atoms with Crippen molar-refractivity contribution in [3.63, 3.8) is 0 Å². The van der Waals surface area contributed by atoms with E-state index >= 15 is 0 Å². The zero-order chi connectivity index (χ0) is 31.2. The molecule has 0 aliphatic carbocycles. The number of halogens is 5. The molecule has 2 atom stereocenters. The fraction of sp³-hybridized carbons (Fsp3) is 0.310. The van der Waals surface area contributed by atoms with Crippen LogP contribution < -0.4 is 9.62 Å². The van der Waals surface area contributed by atoms with Crippen LogP contribution in [-0.4, -0.2) is 43.8 Å². The van der Waals surface area contributed by atoms with E-state index in [1.165, 1.54) is 49.4 Å². The molecule has 0 saturated carbocycles. The Kier molecular flexibility index (Phi) is 10.9. The molecule has 42 heavy (non-hydrogen) atoms. The van der Waals surface area contributed by atoms with Crippen LogP contribution in [-0.2, 0) is 32.3 Å². The van der Waals surface area contributed by atoms with Gasteiger partial charge in [-0.1, -0.05) is 60.5 Å². The molecule has 0 aliphatic rings. The lowest BCUT2D eigenvalue weighted by Gasteiger charge is -2.32. The van der Waals surface area contributed by atoms with Gasteiger partial charge in [0.05, 0.1) is 26.2 Å². The van der Waals surface area contributed by atoms with E-state index in [0.717, 1.165) is 17.0 Å². The van der Waals surface area contributed by atoms with Gasteiger partial charge in [0.1, 0.15) is 12.6 Å². The molecule has 0 spiro atoms. The van der Waals surface area contributed by atoms with Crippen molar-refractivity contribution in [3.8, 4) is 0 Å². The van der Waals surface area contributed by atoms with Gasteiger partial charge in [-0.25, -0.2) is 8.42 Å². The number of nitrogens with zero attached hydrogens (tertiary/aromatic N) is 2. The van der Waals surface area contributed by atoms with Crippen LogP contribution in [0.1, 0.15) is 38.3 Å². The monoisotopic (exact) mass is 643 g/mol. The Bertz CT molecular complexity index is 1520. The Balaban J connectivity index is 2.09. The summed E-state index contributed by atoms with van der Waals surface area (Å²) < 4.78 is 68.8. The molecule has 0 bridgehead atoms. The zero-order valence-corrected chi connectivity index (χ0v) is 25.4. The summed E-state index contributed by atoms with van der Waals surface area (Å²) in [5.41, 5.74) is -0.958. The predicted octanol–water partition coefficient (Wildman–Crippen LogP) is 6.54. The molecule has 3 rings (SSSR count). The highest BCUT2D eigenvalue weighted by atomic mass is 35.5. The van der Waals surface area contributed by atoms with Crippen molar-refractivity contribution in [1.82, 2.24) is 10.2 Å². The lowest BCUT2D eigenvalue weighted by Crippen LogP contribution is -2.52. The summed E-state index contributed by atoms with van der Waals surface area (Å²) >= 11 is 12.2. The topological polar surface area (TPSA) is 86.8 Å². The smallest absolute Gasteiger partial charge is 0.352 e. The van der Waals surface area contributed by atoms with Crippen LogP contribution in [0.4, 0.5) is 18.9 Å². The maximum absolute atomic E-state index is 13.9. The largest absolute Gasteiger partial charge is 0.416 e. The van der Waals surface area contributed by atoms with Crippen molar-refractivity contribution < 1.29 is 31.2 Å². The summed E-state index contributed by atoms with van der Waals surface area (Å²) in [6, 6.07) is 14.1. The molecule has 13 heteroatoms. The fourth-order valence-corrected chi connectivity index (χ4v) is 5.72. The summed E-state index contributed by atoms with van der Waals surface area (Å²) in [6.45, 7) is 4.09. The maximum Gasteiger partial charge on any atom is 0.416 e. The predicted molar refractivity (Wildman–Crippen MR) is 157 cm³/mol. The van der Waals surface area contributed by atoms with E-state index in [1.54, 1.807) is 19.1 Å². The minimum Gasteiger partial charge on any atom is -0.352 e. The number of hydrogen-bond acceptors (Lipinski definition) is 4. The molecule has 3 aromatic carbocycles. The number of hydrogen-bond donors (Lipinski definition) is 1. The van der Waals surface area contributed by atoms with E-state index in [9.17, 15) is 31.2 Å². The van der Waals surface area contributed by atoms with Gasteiger partial charge in [0, 0.05) is 12.6 Å². The average molecular weight is 645 g/mol. The van der Waals surface area contributed by atoms with Crippen LogP contribution in [0.15, 0.2) is 77.7 Å². The van der Waals surface area contributed by atoms with E-state index in [1.807, 2.05) is 6.92 Å². The number of rotatable bonds is 11. The molecule has 2 amide bonds. The highest BCUT2D eigenvalue weighted by molar-refractivity contribution is 7.92. The molecule has 0 aliphatic heterocycles. The number of nitrogens with one attached hydrogen (secondary N) is 1. The number of anilines is 1. The first kappa shape index (κ1) is 33.2. The molecular weight excluding hydrogens is 614 g/mol. The summed E-state index contributed by atoms with van der Waals surface area (Å²) in [7, 11) is -4.52. The van der Waals surface area contributed by atoms with Gasteiger partial charge >= 0.3 is 6.18 Å². The summed E-state index contributed by atoms with van der Waals surface area (Å²) in [5.74, 6) is -1.32. The Morgan fingerprint density at radius 2 is 1.60 bits per heavy atom. The van der Waals surface area contributed by atoms with Crippen molar-refractivity contribution >= 4 is 50.7 Å². The third-order valence-corrected chi connectivity index (χ3v) is 9.10.